The van der Waals surface area contributed by atoms with E-state index in [4.69, 9.17) is 0 Å². The highest BCUT2D eigenvalue weighted by Gasteiger charge is 3.17. The molecule has 0 atom stereocenters. The molecule has 0 unspecified atom stereocenters. The van der Waals surface area contributed by atoms with Gasteiger partial charge in [-0.05, 0) is 0 Å². The van der Waals surface area contributed by atoms with Crippen molar-refractivity contribution in [3.63, 3.8) is 0 Å². The Morgan fingerprint density at radius 1 is 0.170 bits per heavy atom. The van der Waals surface area contributed by atoms with Crippen molar-refractivity contribution in [3.05, 3.63) is 0 Å². The topological polar surface area (TPSA) is 0 Å². The number of halogens is 33. The fourth-order valence-corrected chi connectivity index (χ4v) is 12.4. The Hall–Kier alpha value is -2.09. The number of hydrogen-bond donors (Lipinski definition) is 0. The van der Waals surface area contributed by atoms with Gasteiger partial charge in [0.2, 0.25) is 23.9 Å². The lowest BCUT2D eigenvalue weighted by Gasteiger charge is -2.68. The third-order valence-electron chi connectivity index (χ3n) is 9.39. The van der Waals surface area contributed by atoms with Gasteiger partial charge in [-0.2, -0.15) is 132 Å². The molecule has 0 spiro atoms. The molecule has 0 aromatic rings. The summed E-state index contributed by atoms with van der Waals surface area (Å²) < 4.78 is 484. The lowest BCUT2D eigenvalue weighted by molar-refractivity contribution is -0.495. The first-order chi connectivity index (χ1) is 22.2. The molecule has 3 fully saturated rings. The van der Waals surface area contributed by atoms with Crippen LogP contribution in [0.15, 0.2) is 0 Å². The van der Waals surface area contributed by atoms with Crippen LogP contribution >= 0.6 is 0 Å². The van der Waals surface area contributed by atoms with E-state index in [9.17, 15) is 79.0 Å². The molecule has 0 saturated heterocycles. The van der Waals surface area contributed by atoms with Crippen LogP contribution in [0.4, 0.5) is 145 Å². The summed E-state index contributed by atoms with van der Waals surface area (Å²) >= 11 is 0. The molecule has 34 heteroatoms. The lowest BCUT2D eigenvalue weighted by atomic mass is 9.79. The Labute approximate surface area is 265 Å². The SMILES string of the molecule is C[Si](C1(F)C(F)(F)C(F)(F)C(F)(F)C(F)(F)C1(F)F)(C1(F)C(F)(F)C(F)(F)C(F)(F)C(F)(F)C1(F)F)C1(F)C(F)(F)C(F)(F)C(F)(F)C(F)(F)C1(F)F. The first-order valence-electron chi connectivity index (χ1n) is 12.0. The molecule has 53 heavy (non-hydrogen) atoms. The zero-order valence-electron chi connectivity index (χ0n) is 23.0. The second-order valence-electron chi connectivity index (χ2n) is 11.7. The maximum atomic E-state index is 16.4. The molecule has 0 N–H and O–H groups in total. The summed E-state index contributed by atoms with van der Waals surface area (Å²) in [6.07, 6.45) is 0. The summed E-state index contributed by atoms with van der Waals surface area (Å²) in [6, 6.07) is 0. The first kappa shape index (κ1) is 45.3. The van der Waals surface area contributed by atoms with Crippen molar-refractivity contribution < 1.29 is 145 Å². The van der Waals surface area contributed by atoms with E-state index in [1.54, 1.807) is 0 Å². The van der Waals surface area contributed by atoms with Crippen LogP contribution in [0.25, 0.3) is 0 Å². The Morgan fingerprint density at radius 3 is 0.340 bits per heavy atom. The zero-order valence-corrected chi connectivity index (χ0v) is 24.0. The van der Waals surface area contributed by atoms with Crippen molar-refractivity contribution in [2.45, 2.75) is 111 Å². The fourth-order valence-electron chi connectivity index (χ4n) is 6.26. The predicted molar refractivity (Wildman–Crippen MR) is 97.3 cm³/mol. The summed E-state index contributed by atoms with van der Waals surface area (Å²) in [7, 11) is -13.3. The number of hydrogen-bond acceptors (Lipinski definition) is 0. The lowest BCUT2D eigenvalue weighted by Crippen LogP contribution is -3.05. The fraction of sp³-hybridized carbons (Fsp3) is 1.00. The van der Waals surface area contributed by atoms with Gasteiger partial charge in [0.1, 0.15) is 0 Å². The minimum Gasteiger partial charge on any atom is -0.234 e. The van der Waals surface area contributed by atoms with Gasteiger partial charge in [-0.1, -0.05) is 6.55 Å². The van der Waals surface area contributed by atoms with Crippen LogP contribution < -0.4 is 0 Å². The minimum atomic E-state index is -13.3. The Morgan fingerprint density at radius 2 is 0.245 bits per heavy atom. The van der Waals surface area contributed by atoms with Crippen LogP contribution in [0.2, 0.25) is 6.55 Å². The molecule has 0 aromatic carbocycles. The third kappa shape index (κ3) is 3.28. The van der Waals surface area contributed by atoms with Gasteiger partial charge in [0.15, 0.2) is 0 Å². The smallest absolute Gasteiger partial charge is 0.234 e. The average molecular weight is 886 g/mol. The molecule has 0 aromatic heterocycles. The quantitative estimate of drug-likeness (QED) is 0.196. The summed E-state index contributed by atoms with van der Waals surface area (Å²) in [5, 5.41) is -32.0. The molecule has 0 heterocycles. The second-order valence-corrected chi connectivity index (χ2v) is 16.0. The molecular weight excluding hydrogens is 883 g/mol. The molecule has 0 amide bonds. The predicted octanol–water partition coefficient (Wildman–Crippen LogP) is 10.4. The van der Waals surface area contributed by atoms with E-state index in [1.807, 2.05) is 0 Å². The van der Waals surface area contributed by atoms with Crippen LogP contribution in [0, 0.1) is 0 Å². The Bertz CT molecular complexity index is 1280. The van der Waals surface area contributed by atoms with E-state index in [-0.39, 0.29) is 0 Å². The van der Waals surface area contributed by atoms with Gasteiger partial charge in [-0.3, -0.25) is 0 Å². The molecule has 314 valence electrons. The zero-order chi connectivity index (χ0) is 43.5. The van der Waals surface area contributed by atoms with Gasteiger partial charge in [-0.15, -0.1) is 0 Å². The van der Waals surface area contributed by atoms with Gasteiger partial charge in [0.05, 0.1) is 0 Å². The van der Waals surface area contributed by atoms with Crippen molar-refractivity contribution in [2.24, 2.45) is 0 Å². The van der Waals surface area contributed by atoms with Crippen LogP contribution in [-0.4, -0.2) is 113 Å². The van der Waals surface area contributed by atoms with E-state index >= 15 is 65.9 Å². The van der Waals surface area contributed by atoms with Gasteiger partial charge in [0, 0.05) is 0 Å². The summed E-state index contributed by atoms with van der Waals surface area (Å²) in [5.41, 5.74) is 0. The highest BCUT2D eigenvalue weighted by atomic mass is 28.3. The van der Waals surface area contributed by atoms with Crippen molar-refractivity contribution in [3.8, 4) is 0 Å². The number of rotatable bonds is 3. The van der Waals surface area contributed by atoms with E-state index in [2.05, 4.69) is 0 Å². The van der Waals surface area contributed by atoms with Crippen molar-refractivity contribution in [2.75, 3.05) is 0 Å². The highest BCUT2D eigenvalue weighted by Crippen LogP contribution is 2.83. The summed E-state index contributed by atoms with van der Waals surface area (Å²) in [6.45, 7) is -3.64. The molecule has 3 rings (SSSR count). The van der Waals surface area contributed by atoms with Crippen molar-refractivity contribution >= 4 is 8.07 Å². The standard InChI is InChI=1S/C19H3F33Si/c1-53(17(50)11(38,39)5(26,27)2(20,21)6(28,29)12(17,40)41,18(51)13(42,43)7(30,31)3(22,23)8(32,33)14(18,44)45)19(52)15(46,47)9(34,35)4(24,25)10(36,37)16(19,48)49/h1H3. The maximum absolute atomic E-state index is 16.4. The highest BCUT2D eigenvalue weighted by molar-refractivity contribution is 6.88. The summed E-state index contributed by atoms with van der Waals surface area (Å²) in [5.74, 6) is -146. The van der Waals surface area contributed by atoms with E-state index in [1.165, 1.54) is 0 Å². The molecular formula is C19H3F33Si. The summed E-state index contributed by atoms with van der Waals surface area (Å²) in [4.78, 5) is 0. The molecule has 3 saturated carbocycles. The van der Waals surface area contributed by atoms with E-state index in [0.717, 1.165) is 0 Å². The van der Waals surface area contributed by atoms with E-state index in [0.29, 0.717) is 0 Å². The minimum absolute atomic E-state index is 3.64. The van der Waals surface area contributed by atoms with Gasteiger partial charge in [0.25, 0.3) is 0 Å². The molecule has 0 aliphatic heterocycles. The molecule has 0 nitrogen and oxygen atoms in total. The Kier molecular flexibility index (Phi) is 8.15. The van der Waals surface area contributed by atoms with Crippen LogP contribution in [-0.2, 0) is 0 Å². The van der Waals surface area contributed by atoms with Crippen molar-refractivity contribution in [1.29, 1.82) is 0 Å². The average Bonchev–Trinajstić information content (AvgIpc) is 2.95. The van der Waals surface area contributed by atoms with Crippen LogP contribution in [0.3, 0.4) is 0 Å². The van der Waals surface area contributed by atoms with Crippen molar-refractivity contribution in [1.82, 2.24) is 0 Å². The largest absolute Gasteiger partial charge is 0.384 e. The van der Waals surface area contributed by atoms with Gasteiger partial charge >= 0.3 is 88.8 Å². The molecule has 3 aliphatic carbocycles. The second kappa shape index (κ2) is 9.53. The van der Waals surface area contributed by atoms with Crippen LogP contribution in [0.5, 0.6) is 0 Å². The molecule has 3 aliphatic rings. The first-order valence-corrected chi connectivity index (χ1v) is 14.5. The Balaban J connectivity index is 3.09. The van der Waals surface area contributed by atoms with E-state index < -0.39 is 119 Å². The third-order valence-corrected chi connectivity index (χ3v) is 15.4. The van der Waals surface area contributed by atoms with Crippen LogP contribution in [0.1, 0.15) is 0 Å². The van der Waals surface area contributed by atoms with Gasteiger partial charge in [-0.25, -0.2) is 13.2 Å². The monoisotopic (exact) mass is 886 g/mol. The molecule has 0 bridgehead atoms. The number of alkyl halides is 33. The van der Waals surface area contributed by atoms with Gasteiger partial charge < -0.3 is 0 Å². The maximum Gasteiger partial charge on any atom is 0.384 e. The normalized spacial score (nSPS) is 35.4. The molecule has 0 radical (unpaired) electrons.